The minimum atomic E-state index is -0.781. The Morgan fingerprint density at radius 3 is 2.40 bits per heavy atom. The van der Waals surface area contributed by atoms with Gasteiger partial charge < -0.3 is 9.47 Å². The van der Waals surface area contributed by atoms with Gasteiger partial charge >= 0.3 is 11.9 Å². The lowest BCUT2D eigenvalue weighted by atomic mass is 9.91. The van der Waals surface area contributed by atoms with Crippen molar-refractivity contribution >= 4 is 66.9 Å². The van der Waals surface area contributed by atoms with Gasteiger partial charge in [0.2, 0.25) is 0 Å². The highest BCUT2D eigenvalue weighted by molar-refractivity contribution is 9.11. The molecule has 220 valence electrons. The van der Waals surface area contributed by atoms with Crippen molar-refractivity contribution in [3.05, 3.63) is 123 Å². The normalized spacial score (nSPS) is 14.9. The van der Waals surface area contributed by atoms with Crippen molar-refractivity contribution in [2.45, 2.75) is 39.7 Å². The van der Waals surface area contributed by atoms with Crippen molar-refractivity contribution in [1.82, 2.24) is 4.57 Å². The molecule has 0 bridgehead atoms. The molecule has 0 N–H and O–H groups in total. The first-order chi connectivity index (χ1) is 20.6. The summed E-state index contributed by atoms with van der Waals surface area (Å²) in [4.78, 5) is 45.1. The van der Waals surface area contributed by atoms with Gasteiger partial charge in [0.15, 0.2) is 10.6 Å². The van der Waals surface area contributed by atoms with E-state index in [1.165, 1.54) is 18.3 Å². The van der Waals surface area contributed by atoms with E-state index in [0.29, 0.717) is 36.7 Å². The molecule has 0 fully saturated rings. The Kier molecular flexibility index (Phi) is 9.29. The molecule has 4 aromatic rings. The van der Waals surface area contributed by atoms with E-state index in [2.05, 4.69) is 45.7 Å². The number of rotatable bonds is 7. The van der Waals surface area contributed by atoms with Gasteiger partial charge in [0.25, 0.3) is 5.56 Å². The molecule has 0 radical (unpaired) electrons. The Labute approximate surface area is 269 Å². The van der Waals surface area contributed by atoms with Crippen molar-refractivity contribution < 1.29 is 19.1 Å². The number of aromatic nitrogens is 1. The van der Waals surface area contributed by atoms with Gasteiger partial charge in [-0.1, -0.05) is 95.7 Å². The van der Waals surface area contributed by atoms with Crippen LogP contribution in [0.2, 0.25) is 0 Å². The zero-order valence-corrected chi connectivity index (χ0v) is 27.9. The molecule has 0 amide bonds. The average Bonchev–Trinajstić information content (AvgIpc) is 3.28. The number of nitrogens with zero attached hydrogens (tertiary/aromatic N) is 2. The predicted molar refractivity (Wildman–Crippen MR) is 175 cm³/mol. The summed E-state index contributed by atoms with van der Waals surface area (Å²) in [5, 5.41) is 0. The lowest BCUT2D eigenvalue weighted by molar-refractivity contribution is -0.139. The monoisotopic (exact) mass is 722 g/mol. The van der Waals surface area contributed by atoms with Crippen molar-refractivity contribution in [3.63, 3.8) is 0 Å². The number of hydrogen-bond donors (Lipinski definition) is 0. The maximum Gasteiger partial charge on any atom is 0.338 e. The number of hydrogen-bond acceptors (Lipinski definition) is 7. The molecule has 0 unspecified atom stereocenters. The van der Waals surface area contributed by atoms with Crippen LogP contribution in [0.3, 0.4) is 0 Å². The molecule has 0 aliphatic carbocycles. The van der Waals surface area contributed by atoms with Gasteiger partial charge in [-0.05, 0) is 58.1 Å². The molecule has 7 nitrogen and oxygen atoms in total. The third kappa shape index (κ3) is 6.37. The average molecular weight is 724 g/mol. The summed E-state index contributed by atoms with van der Waals surface area (Å²) in [6.45, 7) is 7.46. The van der Waals surface area contributed by atoms with Crippen LogP contribution in [0.15, 0.2) is 91.0 Å². The molecule has 1 aromatic heterocycles. The molecular formula is C33H28Br2N2O5S. The van der Waals surface area contributed by atoms with E-state index in [4.69, 9.17) is 14.5 Å². The lowest BCUT2D eigenvalue weighted by Gasteiger charge is -2.26. The number of halogens is 2. The minimum absolute atomic E-state index is 0.171. The summed E-state index contributed by atoms with van der Waals surface area (Å²) in [5.74, 6) is -0.424. The molecule has 1 atom stereocenters. The van der Waals surface area contributed by atoms with Crippen LogP contribution in [0.4, 0.5) is 0 Å². The molecule has 1 aliphatic rings. The van der Waals surface area contributed by atoms with Gasteiger partial charge in [0, 0.05) is 22.5 Å². The SMILES string of the molecule is CCOC(=O)C1=C(c2ccccc2)N=c2s/c(=C\c3cc(Br)cc(Br)c3OC(C)=O)c(=O)n2[C@@H]1c1ccc(C(C)C)cc1. The van der Waals surface area contributed by atoms with Gasteiger partial charge in [-0.2, -0.15) is 0 Å². The van der Waals surface area contributed by atoms with Gasteiger partial charge in [0.1, 0.15) is 0 Å². The number of carbonyl (C=O) groups excluding carboxylic acids is 2. The Morgan fingerprint density at radius 1 is 1.07 bits per heavy atom. The first-order valence-electron chi connectivity index (χ1n) is 13.6. The minimum Gasteiger partial charge on any atom is -0.463 e. The quantitative estimate of drug-likeness (QED) is 0.160. The second-order valence-electron chi connectivity index (χ2n) is 10.2. The predicted octanol–water partition coefficient (Wildman–Crippen LogP) is 6.51. The summed E-state index contributed by atoms with van der Waals surface area (Å²) in [6.07, 6.45) is 1.67. The third-order valence-electron chi connectivity index (χ3n) is 6.86. The topological polar surface area (TPSA) is 87.0 Å². The number of carbonyl (C=O) groups is 2. The zero-order valence-electron chi connectivity index (χ0n) is 23.9. The molecule has 3 aromatic carbocycles. The van der Waals surface area contributed by atoms with E-state index < -0.39 is 18.0 Å². The molecule has 43 heavy (non-hydrogen) atoms. The number of benzene rings is 3. The van der Waals surface area contributed by atoms with Crippen LogP contribution in [0.25, 0.3) is 11.8 Å². The summed E-state index contributed by atoms with van der Waals surface area (Å²) in [6, 6.07) is 20.1. The van der Waals surface area contributed by atoms with E-state index in [-0.39, 0.29) is 17.7 Å². The van der Waals surface area contributed by atoms with Crippen LogP contribution in [-0.2, 0) is 14.3 Å². The van der Waals surface area contributed by atoms with Crippen LogP contribution in [0, 0.1) is 0 Å². The molecule has 1 aliphatic heterocycles. The third-order valence-corrected chi connectivity index (χ3v) is 8.89. The fourth-order valence-electron chi connectivity index (χ4n) is 4.90. The summed E-state index contributed by atoms with van der Waals surface area (Å²) in [7, 11) is 0. The lowest BCUT2D eigenvalue weighted by Crippen LogP contribution is -2.40. The van der Waals surface area contributed by atoms with Crippen molar-refractivity contribution in [2.75, 3.05) is 6.61 Å². The van der Waals surface area contributed by atoms with Crippen LogP contribution >= 0.6 is 43.2 Å². The van der Waals surface area contributed by atoms with E-state index >= 15 is 0 Å². The number of ether oxygens (including phenoxy) is 2. The highest BCUT2D eigenvalue weighted by atomic mass is 79.9. The summed E-state index contributed by atoms with van der Waals surface area (Å²) < 4.78 is 14.2. The standard InChI is InChI=1S/C33H28Br2N2O5S/c1-5-41-32(40)27-28(21-9-7-6-8-10-21)36-33-37(29(27)22-13-11-20(12-14-22)18(2)3)31(39)26(43-33)16-23-15-24(34)17-25(35)30(23)42-19(4)38/h6-18,29H,5H2,1-4H3/b26-16-/t29-/m1/s1. The smallest absolute Gasteiger partial charge is 0.338 e. The molecule has 0 saturated heterocycles. The van der Waals surface area contributed by atoms with Crippen molar-refractivity contribution in [1.29, 1.82) is 0 Å². The van der Waals surface area contributed by atoms with Crippen LogP contribution < -0.4 is 19.6 Å². The van der Waals surface area contributed by atoms with Gasteiger partial charge in [-0.15, -0.1) is 0 Å². The molecular weight excluding hydrogens is 696 g/mol. The Bertz CT molecular complexity index is 1930. The van der Waals surface area contributed by atoms with Crippen LogP contribution in [0.5, 0.6) is 5.75 Å². The van der Waals surface area contributed by atoms with Crippen molar-refractivity contribution in [3.8, 4) is 5.75 Å². The summed E-state index contributed by atoms with van der Waals surface area (Å²) in [5.41, 5.74) is 3.56. The van der Waals surface area contributed by atoms with E-state index in [0.717, 1.165) is 21.2 Å². The Hall–Kier alpha value is -3.60. The largest absolute Gasteiger partial charge is 0.463 e. The summed E-state index contributed by atoms with van der Waals surface area (Å²) >= 11 is 8.14. The maximum atomic E-state index is 14.2. The van der Waals surface area contributed by atoms with E-state index in [9.17, 15) is 14.4 Å². The van der Waals surface area contributed by atoms with Crippen LogP contribution in [-0.4, -0.2) is 23.1 Å². The fourth-order valence-corrected chi connectivity index (χ4v) is 7.23. The maximum absolute atomic E-state index is 14.2. The molecule has 2 heterocycles. The highest BCUT2D eigenvalue weighted by Crippen LogP contribution is 2.36. The van der Waals surface area contributed by atoms with E-state index in [1.807, 2.05) is 54.6 Å². The first kappa shape index (κ1) is 30.8. The Morgan fingerprint density at radius 2 is 1.77 bits per heavy atom. The number of fused-ring (bicyclic) bond motifs is 1. The highest BCUT2D eigenvalue weighted by Gasteiger charge is 2.35. The van der Waals surface area contributed by atoms with Crippen LogP contribution in [0.1, 0.15) is 61.9 Å². The Balaban J connectivity index is 1.83. The number of esters is 2. The van der Waals surface area contributed by atoms with Gasteiger partial charge in [0.05, 0.1) is 32.9 Å². The fraction of sp³-hybridized carbons (Fsp3) is 0.212. The zero-order chi connectivity index (χ0) is 30.8. The molecule has 0 spiro atoms. The second kappa shape index (κ2) is 13.0. The van der Waals surface area contributed by atoms with Gasteiger partial charge in [-0.25, -0.2) is 9.79 Å². The molecule has 5 rings (SSSR count). The van der Waals surface area contributed by atoms with E-state index in [1.54, 1.807) is 29.7 Å². The second-order valence-corrected chi connectivity index (χ2v) is 12.9. The molecule has 0 saturated carbocycles. The first-order valence-corrected chi connectivity index (χ1v) is 16.0. The molecule has 10 heteroatoms. The van der Waals surface area contributed by atoms with Gasteiger partial charge in [-0.3, -0.25) is 14.2 Å². The van der Waals surface area contributed by atoms with Crippen molar-refractivity contribution in [2.24, 2.45) is 4.99 Å². The number of thiazole rings is 1.